The number of aliphatic hydroxyl groups excluding tert-OH is 1. The van der Waals surface area contributed by atoms with Crippen molar-refractivity contribution in [3.63, 3.8) is 0 Å². The van der Waals surface area contributed by atoms with Crippen molar-refractivity contribution in [2.24, 2.45) is 0 Å². The van der Waals surface area contributed by atoms with Crippen molar-refractivity contribution >= 4 is 22.2 Å². The minimum absolute atomic E-state index is 0.128. The summed E-state index contributed by atoms with van der Waals surface area (Å²) in [6.07, 6.45) is 1.62. The summed E-state index contributed by atoms with van der Waals surface area (Å²) in [7, 11) is 0. The Morgan fingerprint density at radius 1 is 1.08 bits per heavy atom. The van der Waals surface area contributed by atoms with Crippen LogP contribution in [0.1, 0.15) is 43.2 Å². The molecule has 0 unspecified atom stereocenters. The summed E-state index contributed by atoms with van der Waals surface area (Å²) in [6.45, 7) is 9.03. The first-order valence-corrected chi connectivity index (χ1v) is 9.32. The number of benzene rings is 1. The second-order valence-corrected chi connectivity index (χ2v) is 8.68. The van der Waals surface area contributed by atoms with Gasteiger partial charge >= 0.3 is 0 Å². The molecule has 0 amide bonds. The van der Waals surface area contributed by atoms with E-state index in [0.29, 0.717) is 0 Å². The third kappa shape index (κ3) is 3.52. The molecule has 0 aliphatic rings. The molecule has 0 fully saturated rings. The molecule has 126 valence electrons. The van der Waals surface area contributed by atoms with Crippen molar-refractivity contribution in [2.75, 3.05) is 6.61 Å². The number of pyridine rings is 1. The number of hydrogen-bond donors (Lipinski definition) is 1. The highest BCUT2D eigenvalue weighted by molar-refractivity contribution is 7.15. The van der Waals surface area contributed by atoms with Gasteiger partial charge in [0.15, 0.2) is 0 Å². The van der Waals surface area contributed by atoms with E-state index in [9.17, 15) is 5.11 Å². The maximum absolute atomic E-state index is 9.24. The first kappa shape index (κ1) is 17.1. The third-order valence-corrected chi connectivity index (χ3v) is 5.35. The van der Waals surface area contributed by atoms with E-state index >= 15 is 0 Å². The number of aryl methyl sites for hydroxylation is 2. The first-order chi connectivity index (χ1) is 11.4. The summed E-state index contributed by atoms with van der Waals surface area (Å²) in [5, 5.41) is 10.4. The van der Waals surface area contributed by atoms with Gasteiger partial charge in [0.2, 0.25) is 0 Å². The molecule has 0 saturated heterocycles. The highest BCUT2D eigenvalue weighted by atomic mass is 32.1. The van der Waals surface area contributed by atoms with Crippen LogP contribution in [0.4, 0.5) is 0 Å². The van der Waals surface area contributed by atoms with Gasteiger partial charge in [0, 0.05) is 16.9 Å². The predicted molar refractivity (Wildman–Crippen MR) is 104 cm³/mol. The van der Waals surface area contributed by atoms with Crippen LogP contribution in [-0.2, 0) is 11.8 Å². The van der Waals surface area contributed by atoms with Gasteiger partial charge in [-0.1, -0.05) is 26.8 Å². The smallest absolute Gasteiger partial charge is 0.0841 e. The molecule has 0 saturated carbocycles. The van der Waals surface area contributed by atoms with E-state index in [4.69, 9.17) is 4.98 Å². The number of fused-ring (bicyclic) bond motifs is 1. The Hall–Kier alpha value is -1.71. The van der Waals surface area contributed by atoms with E-state index in [1.54, 1.807) is 11.3 Å². The van der Waals surface area contributed by atoms with Crippen LogP contribution in [0.2, 0.25) is 0 Å². The van der Waals surface area contributed by atoms with Gasteiger partial charge in [-0.05, 0) is 66.6 Å². The topological polar surface area (TPSA) is 33.1 Å². The summed E-state index contributed by atoms with van der Waals surface area (Å²) < 4.78 is 0. The lowest BCUT2D eigenvalue weighted by atomic mass is 9.86. The Kier molecular flexibility index (Phi) is 4.75. The van der Waals surface area contributed by atoms with Crippen molar-refractivity contribution in [1.29, 1.82) is 0 Å². The summed E-state index contributed by atoms with van der Waals surface area (Å²) in [6, 6.07) is 13.1. The van der Waals surface area contributed by atoms with Gasteiger partial charge in [0.05, 0.1) is 16.1 Å². The Morgan fingerprint density at radius 2 is 1.88 bits per heavy atom. The molecule has 3 aromatic rings. The lowest BCUT2D eigenvalue weighted by Gasteiger charge is -2.20. The number of thiophene rings is 1. The summed E-state index contributed by atoms with van der Waals surface area (Å²) in [5.41, 5.74) is 4.78. The second-order valence-electron chi connectivity index (χ2n) is 7.39. The summed E-state index contributed by atoms with van der Waals surface area (Å²) in [4.78, 5) is 7.47. The fourth-order valence-corrected chi connectivity index (χ4v) is 3.81. The van der Waals surface area contributed by atoms with Crippen LogP contribution >= 0.6 is 11.3 Å². The molecule has 0 atom stereocenters. The number of aromatic nitrogens is 1. The molecule has 0 aliphatic heterocycles. The Labute approximate surface area is 148 Å². The molecular weight excluding hydrogens is 314 g/mol. The van der Waals surface area contributed by atoms with Crippen molar-refractivity contribution in [1.82, 2.24) is 4.98 Å². The van der Waals surface area contributed by atoms with Crippen molar-refractivity contribution < 1.29 is 5.11 Å². The number of hydrogen-bond acceptors (Lipinski definition) is 3. The Balaban J connectivity index is 2.16. The van der Waals surface area contributed by atoms with Crippen LogP contribution in [0.15, 0.2) is 36.4 Å². The van der Waals surface area contributed by atoms with Crippen LogP contribution < -0.4 is 0 Å². The lowest BCUT2D eigenvalue weighted by molar-refractivity contribution is 0.288. The second kappa shape index (κ2) is 6.66. The van der Waals surface area contributed by atoms with Crippen LogP contribution in [0.5, 0.6) is 0 Å². The van der Waals surface area contributed by atoms with Gasteiger partial charge in [-0.3, -0.25) is 0 Å². The zero-order valence-electron chi connectivity index (χ0n) is 14.9. The van der Waals surface area contributed by atoms with E-state index < -0.39 is 0 Å². The molecule has 0 aliphatic carbocycles. The molecule has 2 heterocycles. The van der Waals surface area contributed by atoms with Gasteiger partial charge in [-0.2, -0.15) is 0 Å². The van der Waals surface area contributed by atoms with Crippen molar-refractivity contribution in [3.8, 4) is 10.6 Å². The van der Waals surface area contributed by atoms with Gasteiger partial charge < -0.3 is 5.11 Å². The number of rotatable bonds is 4. The molecule has 24 heavy (non-hydrogen) atoms. The average Bonchev–Trinajstić information content (AvgIpc) is 2.97. The summed E-state index contributed by atoms with van der Waals surface area (Å²) in [5.74, 6) is 0. The monoisotopic (exact) mass is 339 g/mol. The normalized spacial score (nSPS) is 12.0. The minimum Gasteiger partial charge on any atom is -0.396 e. The molecule has 1 aromatic carbocycles. The van der Waals surface area contributed by atoms with Gasteiger partial charge in [0.25, 0.3) is 0 Å². The molecule has 2 nitrogen and oxygen atoms in total. The fourth-order valence-electron chi connectivity index (χ4n) is 2.92. The standard InChI is InChI=1S/C21H25NOS/c1-14-7-10-19(24-14)20-15(6-5-11-23)12-16-13-17(21(2,3)4)8-9-18(16)22-20/h7-10,12-13,23H,5-6,11H2,1-4H3. The Morgan fingerprint density at radius 3 is 2.50 bits per heavy atom. The molecular formula is C21H25NOS. The summed E-state index contributed by atoms with van der Waals surface area (Å²) >= 11 is 1.78. The molecule has 0 bridgehead atoms. The highest BCUT2D eigenvalue weighted by Crippen LogP contribution is 2.33. The van der Waals surface area contributed by atoms with Crippen LogP contribution in [0.25, 0.3) is 21.5 Å². The van der Waals surface area contributed by atoms with E-state index in [1.807, 2.05) is 0 Å². The predicted octanol–water partition coefficient (Wildman–Crippen LogP) is 5.49. The number of aliphatic hydroxyl groups is 1. The molecule has 3 heteroatoms. The maximum atomic E-state index is 9.24. The largest absolute Gasteiger partial charge is 0.396 e. The van der Waals surface area contributed by atoms with Crippen LogP contribution in [-0.4, -0.2) is 16.7 Å². The quantitative estimate of drug-likeness (QED) is 0.681. The molecule has 0 spiro atoms. The van der Waals surface area contributed by atoms with Crippen molar-refractivity contribution in [3.05, 3.63) is 52.4 Å². The molecule has 2 aromatic heterocycles. The van der Waals surface area contributed by atoms with E-state index in [1.165, 1.54) is 26.3 Å². The highest BCUT2D eigenvalue weighted by Gasteiger charge is 2.16. The van der Waals surface area contributed by atoms with E-state index in [-0.39, 0.29) is 12.0 Å². The first-order valence-electron chi connectivity index (χ1n) is 8.50. The van der Waals surface area contributed by atoms with E-state index in [0.717, 1.165) is 24.1 Å². The lowest BCUT2D eigenvalue weighted by Crippen LogP contribution is -2.10. The van der Waals surface area contributed by atoms with E-state index in [2.05, 4.69) is 64.1 Å². The molecule has 3 rings (SSSR count). The zero-order valence-corrected chi connectivity index (χ0v) is 15.7. The molecule has 0 radical (unpaired) electrons. The molecule has 1 N–H and O–H groups in total. The SMILES string of the molecule is Cc1ccc(-c2nc3ccc(C(C)(C)C)cc3cc2CCCO)s1. The van der Waals surface area contributed by atoms with Crippen LogP contribution in [0, 0.1) is 6.92 Å². The zero-order chi connectivity index (χ0) is 17.3. The van der Waals surface area contributed by atoms with Gasteiger partial charge in [-0.25, -0.2) is 4.98 Å². The third-order valence-electron chi connectivity index (χ3n) is 4.34. The minimum atomic E-state index is 0.128. The number of nitrogens with zero attached hydrogens (tertiary/aromatic N) is 1. The maximum Gasteiger partial charge on any atom is 0.0841 e. The van der Waals surface area contributed by atoms with Gasteiger partial charge in [0.1, 0.15) is 0 Å². The Bertz CT molecular complexity index is 858. The average molecular weight is 340 g/mol. The fraction of sp³-hybridized carbons (Fsp3) is 0.381. The van der Waals surface area contributed by atoms with Crippen LogP contribution in [0.3, 0.4) is 0 Å². The van der Waals surface area contributed by atoms with Gasteiger partial charge in [-0.15, -0.1) is 11.3 Å². The van der Waals surface area contributed by atoms with Crippen molar-refractivity contribution in [2.45, 2.75) is 46.0 Å².